The fourth-order valence-corrected chi connectivity index (χ4v) is 3.28. The summed E-state index contributed by atoms with van der Waals surface area (Å²) in [6.07, 6.45) is -1.68. The molecule has 158 valence electrons. The maximum atomic E-state index is 12.9. The Morgan fingerprint density at radius 3 is 2.61 bits per heavy atom. The fourth-order valence-electron chi connectivity index (χ4n) is 3.28. The smallest absolute Gasteiger partial charge is 0.340 e. The Labute approximate surface area is 166 Å². The van der Waals surface area contributed by atoms with Gasteiger partial charge in [-0.2, -0.15) is 8.78 Å². The van der Waals surface area contributed by atoms with Crippen LogP contribution in [0.5, 0.6) is 5.88 Å². The van der Waals surface area contributed by atoms with Crippen molar-refractivity contribution in [2.75, 3.05) is 45.9 Å². The predicted molar refractivity (Wildman–Crippen MR) is 96.7 cm³/mol. The average molecular weight is 427 g/mol. The van der Waals surface area contributed by atoms with Crippen LogP contribution in [-0.2, 0) is 0 Å². The summed E-state index contributed by atoms with van der Waals surface area (Å²) < 4.78 is 54.6. The Morgan fingerprint density at radius 1 is 1.29 bits per heavy atom. The first-order valence-electron chi connectivity index (χ1n) is 8.86. The van der Waals surface area contributed by atoms with Gasteiger partial charge in [0.1, 0.15) is 0 Å². The number of amides is 1. The number of nitrogens with zero attached hydrogens (tertiary/aromatic N) is 3. The topological polar surface area (TPSA) is 57.7 Å². The fraction of sp³-hybridized carbons (Fsp3) is 0.647. The third-order valence-corrected chi connectivity index (χ3v) is 4.83. The molecule has 11 heteroatoms. The number of hydrogen-bond donors (Lipinski definition) is 1. The van der Waals surface area contributed by atoms with Crippen molar-refractivity contribution in [2.24, 2.45) is 0 Å². The molecule has 3 rings (SSSR count). The Morgan fingerprint density at radius 2 is 2.00 bits per heavy atom. The summed E-state index contributed by atoms with van der Waals surface area (Å²) in [5, 5.41) is 3.30. The van der Waals surface area contributed by atoms with Gasteiger partial charge in [-0.1, -0.05) is 0 Å². The third-order valence-electron chi connectivity index (χ3n) is 4.83. The van der Waals surface area contributed by atoms with Gasteiger partial charge in [-0.15, -0.1) is 12.4 Å². The monoisotopic (exact) mass is 426 g/mol. The van der Waals surface area contributed by atoms with Gasteiger partial charge < -0.3 is 15.0 Å². The van der Waals surface area contributed by atoms with E-state index in [0.29, 0.717) is 24.7 Å². The maximum Gasteiger partial charge on any atom is 0.340 e. The van der Waals surface area contributed by atoms with E-state index in [2.05, 4.69) is 19.9 Å². The van der Waals surface area contributed by atoms with E-state index >= 15 is 0 Å². The van der Waals surface area contributed by atoms with Crippen molar-refractivity contribution in [1.82, 2.24) is 20.1 Å². The van der Waals surface area contributed by atoms with Crippen LogP contribution in [0.15, 0.2) is 18.3 Å². The Bertz CT molecular complexity index is 645. The van der Waals surface area contributed by atoms with Crippen LogP contribution in [0.2, 0.25) is 0 Å². The number of carbonyl (C=O) groups is 1. The zero-order valence-corrected chi connectivity index (χ0v) is 15.9. The molecule has 1 aromatic rings. The van der Waals surface area contributed by atoms with Gasteiger partial charge >= 0.3 is 12.3 Å². The molecule has 0 aromatic carbocycles. The molecule has 0 aliphatic carbocycles. The van der Waals surface area contributed by atoms with E-state index in [0.717, 1.165) is 32.6 Å². The van der Waals surface area contributed by atoms with E-state index in [9.17, 15) is 22.4 Å². The van der Waals surface area contributed by atoms with E-state index in [1.54, 1.807) is 4.90 Å². The first-order valence-corrected chi connectivity index (χ1v) is 8.86. The van der Waals surface area contributed by atoms with Crippen LogP contribution in [0.25, 0.3) is 0 Å². The molecule has 28 heavy (non-hydrogen) atoms. The lowest BCUT2D eigenvalue weighted by molar-refractivity contribution is -0.148. The van der Waals surface area contributed by atoms with Crippen LogP contribution in [0.1, 0.15) is 16.8 Å². The summed E-state index contributed by atoms with van der Waals surface area (Å²) >= 11 is 0. The van der Waals surface area contributed by atoms with Gasteiger partial charge in [0.25, 0.3) is 5.91 Å². The van der Waals surface area contributed by atoms with Crippen molar-refractivity contribution in [3.8, 4) is 5.88 Å². The quantitative estimate of drug-likeness (QED) is 0.704. The van der Waals surface area contributed by atoms with E-state index in [4.69, 9.17) is 0 Å². The zero-order chi connectivity index (χ0) is 19.4. The largest absolute Gasteiger partial charge is 0.471 e. The van der Waals surface area contributed by atoms with Crippen molar-refractivity contribution < 1.29 is 27.1 Å². The Hall–Kier alpha value is -1.65. The molecule has 1 unspecified atom stereocenters. The summed E-state index contributed by atoms with van der Waals surface area (Å²) in [5.74, 6) is -4.67. The first-order chi connectivity index (χ1) is 12.9. The summed E-state index contributed by atoms with van der Waals surface area (Å²) in [7, 11) is 0. The minimum atomic E-state index is -4.25. The van der Waals surface area contributed by atoms with Crippen LogP contribution in [0, 0.1) is 0 Å². The second kappa shape index (κ2) is 9.71. The number of aromatic nitrogens is 1. The number of nitrogens with one attached hydrogen (secondary N) is 1. The highest BCUT2D eigenvalue weighted by molar-refractivity contribution is 5.94. The number of hydrogen-bond acceptors (Lipinski definition) is 5. The highest BCUT2D eigenvalue weighted by atomic mass is 35.5. The van der Waals surface area contributed by atoms with Crippen molar-refractivity contribution >= 4 is 18.3 Å². The summed E-state index contributed by atoms with van der Waals surface area (Å²) in [4.78, 5) is 20.5. The first kappa shape index (κ1) is 22.6. The molecule has 2 aliphatic heterocycles. The molecular weight excluding hydrogens is 404 g/mol. The number of likely N-dealkylation sites (tertiary alicyclic amines) is 1. The van der Waals surface area contributed by atoms with Gasteiger partial charge in [0, 0.05) is 57.6 Å². The Kier molecular flexibility index (Phi) is 7.85. The van der Waals surface area contributed by atoms with Gasteiger partial charge in [0.2, 0.25) is 5.88 Å². The molecule has 1 atom stereocenters. The van der Waals surface area contributed by atoms with Crippen molar-refractivity contribution in [2.45, 2.75) is 24.8 Å². The van der Waals surface area contributed by atoms with Crippen molar-refractivity contribution in [3.05, 3.63) is 23.9 Å². The Balaban J connectivity index is 0.00000280. The minimum absolute atomic E-state index is 0. The molecule has 6 nitrogen and oxygen atoms in total. The molecule has 0 saturated carbocycles. The number of pyridine rings is 1. The highest BCUT2D eigenvalue weighted by Gasteiger charge is 2.41. The minimum Gasteiger partial charge on any atom is -0.471 e. The zero-order valence-electron chi connectivity index (χ0n) is 15.1. The van der Waals surface area contributed by atoms with Crippen LogP contribution in [0.3, 0.4) is 0 Å². The average Bonchev–Trinajstić information content (AvgIpc) is 3.17. The SMILES string of the molecule is Cl.O=C(c1ccc(OCC(F)(F)C(F)F)nc1)N1CCC(N2CCNCC2)C1. The molecular formula is C17H23ClF4N4O2. The predicted octanol–water partition coefficient (Wildman–Crippen LogP) is 1.90. The highest BCUT2D eigenvalue weighted by Crippen LogP contribution is 2.24. The number of rotatable bonds is 6. The molecule has 1 amide bonds. The molecule has 2 saturated heterocycles. The summed E-state index contributed by atoms with van der Waals surface area (Å²) in [5.41, 5.74) is 0.309. The van der Waals surface area contributed by atoms with Gasteiger partial charge in [-0.05, 0) is 12.5 Å². The number of carbonyl (C=O) groups excluding carboxylic acids is 1. The van der Waals surface area contributed by atoms with E-state index in [1.807, 2.05) is 0 Å². The van der Waals surface area contributed by atoms with E-state index in [1.165, 1.54) is 18.3 Å². The number of halogens is 5. The molecule has 0 bridgehead atoms. The second-order valence-corrected chi connectivity index (χ2v) is 6.72. The lowest BCUT2D eigenvalue weighted by Crippen LogP contribution is -2.49. The normalized spacial score (nSPS) is 20.9. The van der Waals surface area contributed by atoms with Gasteiger partial charge in [-0.3, -0.25) is 9.69 Å². The van der Waals surface area contributed by atoms with Gasteiger partial charge in [-0.25, -0.2) is 13.8 Å². The van der Waals surface area contributed by atoms with Gasteiger partial charge in [0.05, 0.1) is 5.56 Å². The second-order valence-electron chi connectivity index (χ2n) is 6.72. The maximum absolute atomic E-state index is 12.9. The summed E-state index contributed by atoms with van der Waals surface area (Å²) in [6.45, 7) is 3.63. The van der Waals surface area contributed by atoms with Crippen LogP contribution < -0.4 is 10.1 Å². The molecule has 0 radical (unpaired) electrons. The van der Waals surface area contributed by atoms with Crippen LogP contribution in [0.4, 0.5) is 17.6 Å². The number of piperazine rings is 1. The van der Waals surface area contributed by atoms with Gasteiger partial charge in [0.15, 0.2) is 6.61 Å². The lowest BCUT2D eigenvalue weighted by Gasteiger charge is -2.32. The standard InChI is InChI=1S/C17H22F4N4O2.ClH/c18-16(19)17(20,21)11-27-14-2-1-12(9-23-14)15(26)25-6-3-13(10-25)24-7-4-22-5-8-24;/h1-2,9,13,16,22H,3-8,10-11H2;1H. The molecule has 1 N–H and O–H groups in total. The number of alkyl halides is 4. The lowest BCUT2D eigenvalue weighted by atomic mass is 10.2. The molecule has 2 fully saturated rings. The molecule has 3 heterocycles. The molecule has 2 aliphatic rings. The van der Waals surface area contributed by atoms with Crippen LogP contribution in [-0.4, -0.2) is 85.0 Å². The van der Waals surface area contributed by atoms with E-state index < -0.39 is 19.0 Å². The summed E-state index contributed by atoms with van der Waals surface area (Å²) in [6, 6.07) is 2.98. The van der Waals surface area contributed by atoms with Crippen molar-refractivity contribution in [1.29, 1.82) is 0 Å². The van der Waals surface area contributed by atoms with Crippen LogP contribution >= 0.6 is 12.4 Å². The van der Waals surface area contributed by atoms with Crippen molar-refractivity contribution in [3.63, 3.8) is 0 Å². The number of ether oxygens (including phenoxy) is 1. The van der Waals surface area contributed by atoms with E-state index in [-0.39, 0.29) is 24.2 Å². The molecule has 0 spiro atoms. The molecule has 1 aromatic heterocycles. The third kappa shape index (κ3) is 5.45.